The molecule has 3 aromatic carbocycles. The van der Waals surface area contributed by atoms with Gasteiger partial charge in [-0.3, -0.25) is 9.78 Å². The topological polar surface area (TPSA) is 135 Å². The van der Waals surface area contributed by atoms with E-state index in [0.29, 0.717) is 40.5 Å². The Hall–Kier alpha value is -4.31. The molecule has 0 saturated heterocycles. The van der Waals surface area contributed by atoms with E-state index in [2.05, 4.69) is 15.3 Å². The number of hydrogen-bond acceptors (Lipinski definition) is 6. The highest BCUT2D eigenvalue weighted by molar-refractivity contribution is 7.91. The van der Waals surface area contributed by atoms with Gasteiger partial charge in [-0.2, -0.15) is 0 Å². The first-order chi connectivity index (χ1) is 16.8. The van der Waals surface area contributed by atoms with Gasteiger partial charge in [-0.15, -0.1) is 0 Å². The number of nitrogens with zero attached hydrogens (tertiary/aromatic N) is 1. The third-order valence-electron chi connectivity index (χ3n) is 5.91. The van der Waals surface area contributed by atoms with E-state index in [4.69, 9.17) is 0 Å². The van der Waals surface area contributed by atoms with Crippen LogP contribution in [0.25, 0.3) is 11.3 Å². The minimum Gasteiger partial charge on any atom is -0.493 e. The van der Waals surface area contributed by atoms with Crippen LogP contribution in [0.4, 0.5) is 11.4 Å². The molecule has 0 fully saturated rings. The Kier molecular flexibility index (Phi) is 5.65. The summed E-state index contributed by atoms with van der Waals surface area (Å²) in [6.45, 7) is 0.907. The second kappa shape index (κ2) is 8.80. The number of aromatic amines is 2. The number of sulfone groups is 1. The van der Waals surface area contributed by atoms with Gasteiger partial charge in [0, 0.05) is 24.2 Å². The number of amides is 1. The van der Waals surface area contributed by atoms with Crippen molar-refractivity contribution in [2.24, 2.45) is 0 Å². The quantitative estimate of drug-likeness (QED) is 0.339. The normalized spacial score (nSPS) is 14.3. The summed E-state index contributed by atoms with van der Waals surface area (Å²) in [6, 6.07) is 20.9. The molecular weight excluding hydrogens is 468 g/mol. The highest BCUT2D eigenvalue weighted by Gasteiger charge is 2.27. The van der Waals surface area contributed by atoms with Crippen LogP contribution in [-0.4, -0.2) is 41.7 Å². The first-order valence-corrected chi connectivity index (χ1v) is 12.5. The third-order valence-corrected chi connectivity index (χ3v) is 7.65. The first kappa shape index (κ1) is 22.5. The summed E-state index contributed by atoms with van der Waals surface area (Å²) in [7, 11) is -3.27. The van der Waals surface area contributed by atoms with Crippen LogP contribution in [0, 0.1) is 0 Å². The standard InChI is InChI=1S/C25H22N4O5S/c30-23(26-19-6-2-1-5-18(19)22-24(31)28-25(32)27-22)17-11-9-16(10-12-17)15-29-13-14-35(33,34)21-8-4-3-7-20(21)29/h1-12,31H,13-15H2,(H,26,30)(H2,27,28,32). The van der Waals surface area contributed by atoms with E-state index in [1.807, 2.05) is 23.1 Å². The molecule has 0 saturated carbocycles. The molecule has 1 aliphatic heterocycles. The fraction of sp³-hybridized carbons (Fsp3) is 0.120. The van der Waals surface area contributed by atoms with Gasteiger partial charge in [-0.25, -0.2) is 13.2 Å². The van der Waals surface area contributed by atoms with E-state index < -0.39 is 15.5 Å². The Morgan fingerprint density at radius 3 is 2.43 bits per heavy atom. The molecular formula is C25H22N4O5S. The van der Waals surface area contributed by atoms with Crippen molar-refractivity contribution in [2.45, 2.75) is 11.4 Å². The van der Waals surface area contributed by atoms with Crippen LogP contribution in [0.3, 0.4) is 0 Å². The second-order valence-electron chi connectivity index (χ2n) is 8.21. The number of hydrogen-bond donors (Lipinski definition) is 4. The molecule has 4 N–H and O–H groups in total. The van der Waals surface area contributed by atoms with Crippen molar-refractivity contribution in [2.75, 3.05) is 22.5 Å². The molecule has 0 unspecified atom stereocenters. The lowest BCUT2D eigenvalue weighted by Crippen LogP contribution is -2.34. The number of imidazole rings is 1. The van der Waals surface area contributed by atoms with Gasteiger partial charge in [0.05, 0.1) is 22.0 Å². The van der Waals surface area contributed by atoms with Gasteiger partial charge in [0.1, 0.15) is 5.69 Å². The number of benzene rings is 3. The minimum absolute atomic E-state index is 0.0614. The molecule has 35 heavy (non-hydrogen) atoms. The van der Waals surface area contributed by atoms with Gasteiger partial charge < -0.3 is 20.3 Å². The molecule has 1 aromatic heterocycles. The Morgan fingerprint density at radius 1 is 0.971 bits per heavy atom. The zero-order valence-electron chi connectivity index (χ0n) is 18.5. The molecule has 4 aromatic rings. The Balaban J connectivity index is 1.33. The average molecular weight is 491 g/mol. The molecule has 5 rings (SSSR count). The van der Waals surface area contributed by atoms with Crippen LogP contribution >= 0.6 is 0 Å². The maximum Gasteiger partial charge on any atom is 0.326 e. The average Bonchev–Trinajstić information content (AvgIpc) is 3.19. The number of fused-ring (bicyclic) bond motifs is 1. The molecule has 2 heterocycles. The molecule has 0 spiro atoms. The summed E-state index contributed by atoms with van der Waals surface area (Å²) in [5, 5.41) is 12.8. The predicted octanol–water partition coefficient (Wildman–Crippen LogP) is 3.12. The zero-order chi connectivity index (χ0) is 24.6. The third kappa shape index (κ3) is 4.43. The molecule has 0 radical (unpaired) electrons. The number of aromatic hydroxyl groups is 1. The van der Waals surface area contributed by atoms with Crippen LogP contribution < -0.4 is 15.9 Å². The Labute approximate surface area is 201 Å². The van der Waals surface area contributed by atoms with E-state index in [-0.39, 0.29) is 23.2 Å². The van der Waals surface area contributed by atoms with E-state index >= 15 is 0 Å². The summed E-state index contributed by atoms with van der Waals surface area (Å²) in [4.78, 5) is 31.6. The number of nitrogens with one attached hydrogen (secondary N) is 3. The predicted molar refractivity (Wildman–Crippen MR) is 132 cm³/mol. The van der Waals surface area contributed by atoms with Crippen molar-refractivity contribution < 1.29 is 18.3 Å². The lowest BCUT2D eigenvalue weighted by atomic mass is 10.1. The molecule has 178 valence electrons. The van der Waals surface area contributed by atoms with Gasteiger partial charge in [0.2, 0.25) is 5.88 Å². The van der Waals surface area contributed by atoms with Gasteiger partial charge in [-0.1, -0.05) is 42.5 Å². The van der Waals surface area contributed by atoms with Crippen molar-refractivity contribution in [1.29, 1.82) is 0 Å². The van der Waals surface area contributed by atoms with E-state index in [1.54, 1.807) is 54.6 Å². The molecule has 0 atom stereocenters. The summed E-state index contributed by atoms with van der Waals surface area (Å²) in [5.41, 5.74) is 2.57. The fourth-order valence-corrected chi connectivity index (χ4v) is 5.64. The molecule has 0 bridgehead atoms. The van der Waals surface area contributed by atoms with Crippen LogP contribution in [0.2, 0.25) is 0 Å². The highest BCUT2D eigenvalue weighted by atomic mass is 32.2. The van der Waals surface area contributed by atoms with Crippen LogP contribution in [0.15, 0.2) is 82.5 Å². The largest absolute Gasteiger partial charge is 0.493 e. The molecule has 10 heteroatoms. The summed E-state index contributed by atoms with van der Waals surface area (Å²) in [6.07, 6.45) is 0. The van der Waals surface area contributed by atoms with Crippen molar-refractivity contribution in [3.63, 3.8) is 0 Å². The van der Waals surface area contributed by atoms with Gasteiger partial charge >= 0.3 is 5.69 Å². The van der Waals surface area contributed by atoms with Gasteiger partial charge in [0.15, 0.2) is 9.84 Å². The van der Waals surface area contributed by atoms with Gasteiger partial charge in [-0.05, 0) is 35.9 Å². The molecule has 0 aliphatic carbocycles. The SMILES string of the molecule is O=C(Nc1ccccc1-c1[nH]c(=O)[nH]c1O)c1ccc(CN2CCS(=O)(=O)c3ccccc32)cc1. The second-order valence-corrected chi connectivity index (χ2v) is 10.3. The molecule has 1 amide bonds. The monoisotopic (exact) mass is 490 g/mol. The molecule has 9 nitrogen and oxygen atoms in total. The number of anilines is 2. The Morgan fingerprint density at radius 2 is 1.69 bits per heavy atom. The first-order valence-electron chi connectivity index (χ1n) is 10.9. The van der Waals surface area contributed by atoms with Gasteiger partial charge in [0.25, 0.3) is 5.91 Å². The summed E-state index contributed by atoms with van der Waals surface area (Å²) >= 11 is 0. The van der Waals surface area contributed by atoms with Crippen LogP contribution in [-0.2, 0) is 16.4 Å². The molecule has 1 aliphatic rings. The van der Waals surface area contributed by atoms with Crippen LogP contribution in [0.5, 0.6) is 5.88 Å². The van der Waals surface area contributed by atoms with E-state index in [0.717, 1.165) is 5.56 Å². The maximum absolute atomic E-state index is 12.9. The summed E-state index contributed by atoms with van der Waals surface area (Å²) < 4.78 is 24.7. The van der Waals surface area contributed by atoms with E-state index in [1.165, 1.54) is 0 Å². The number of H-pyrrole nitrogens is 2. The lowest BCUT2D eigenvalue weighted by Gasteiger charge is -2.31. The number of carbonyl (C=O) groups is 1. The van der Waals surface area contributed by atoms with E-state index in [9.17, 15) is 23.1 Å². The number of rotatable bonds is 5. The smallest absolute Gasteiger partial charge is 0.326 e. The van der Waals surface area contributed by atoms with Crippen LogP contribution in [0.1, 0.15) is 15.9 Å². The number of carbonyl (C=O) groups excluding carboxylic acids is 1. The number of para-hydroxylation sites is 2. The Bertz CT molecular complexity index is 1570. The lowest BCUT2D eigenvalue weighted by molar-refractivity contribution is 0.102. The number of aromatic nitrogens is 2. The summed E-state index contributed by atoms with van der Waals surface area (Å²) in [5.74, 6) is -0.602. The van der Waals surface area contributed by atoms with Crippen molar-refractivity contribution in [3.05, 3.63) is 94.4 Å². The van der Waals surface area contributed by atoms with Crippen molar-refractivity contribution in [3.8, 4) is 17.1 Å². The van der Waals surface area contributed by atoms with Crippen molar-refractivity contribution in [1.82, 2.24) is 9.97 Å². The fourth-order valence-electron chi connectivity index (χ4n) is 4.16. The maximum atomic E-state index is 12.9. The zero-order valence-corrected chi connectivity index (χ0v) is 19.3. The minimum atomic E-state index is -3.27. The van der Waals surface area contributed by atoms with Crippen molar-refractivity contribution >= 4 is 27.1 Å². The highest BCUT2D eigenvalue weighted by Crippen LogP contribution is 2.32.